The highest BCUT2D eigenvalue weighted by Gasteiger charge is 2.37. The van der Waals surface area contributed by atoms with Crippen molar-refractivity contribution in [2.45, 2.75) is 12.2 Å². The average molecular weight is 241 g/mol. The average Bonchev–Trinajstić information content (AvgIpc) is 2.26. The van der Waals surface area contributed by atoms with E-state index in [0.717, 1.165) is 0 Å². The van der Waals surface area contributed by atoms with Crippen LogP contribution in [0.2, 0.25) is 0 Å². The highest BCUT2D eigenvalue weighted by Crippen LogP contribution is 2.32. The van der Waals surface area contributed by atoms with Crippen LogP contribution in [0, 0.1) is 0 Å². The molecule has 0 aromatic heterocycles. The third kappa shape index (κ3) is 2.34. The highest BCUT2D eigenvalue weighted by atomic mass is 19.4. The van der Waals surface area contributed by atoms with Crippen molar-refractivity contribution in [1.82, 2.24) is 0 Å². The van der Waals surface area contributed by atoms with E-state index in [2.05, 4.69) is 0 Å². The minimum atomic E-state index is -4.45. The summed E-state index contributed by atoms with van der Waals surface area (Å²) in [6, 6.07) is 6.68. The summed E-state index contributed by atoms with van der Waals surface area (Å²) in [6.45, 7) is 0. The zero-order valence-electron chi connectivity index (χ0n) is 8.70. The molecular weight excluding hydrogens is 231 g/mol. The Morgan fingerprint density at radius 1 is 1.00 bits per heavy atom. The zero-order valence-corrected chi connectivity index (χ0v) is 8.70. The predicted molar refractivity (Wildman–Crippen MR) is 58.6 cm³/mol. The molecular formula is C12H10F3NO. The Bertz CT molecular complexity index is 551. The topological polar surface area (TPSA) is 46.2 Å². The fourth-order valence-corrected chi connectivity index (χ4v) is 1.63. The van der Waals surface area contributed by atoms with Gasteiger partial charge < -0.3 is 10.8 Å². The number of nitrogens with two attached hydrogens (primary N) is 1. The number of rotatable bonds is 1. The minimum Gasteiger partial charge on any atom is -0.508 e. The van der Waals surface area contributed by atoms with Crippen LogP contribution in [0.5, 0.6) is 5.75 Å². The molecule has 5 heteroatoms. The molecule has 0 radical (unpaired) electrons. The van der Waals surface area contributed by atoms with E-state index in [0.29, 0.717) is 10.8 Å². The third-order valence-corrected chi connectivity index (χ3v) is 2.56. The third-order valence-electron chi connectivity index (χ3n) is 2.56. The van der Waals surface area contributed by atoms with Crippen molar-refractivity contribution >= 4 is 10.8 Å². The van der Waals surface area contributed by atoms with Crippen LogP contribution >= 0.6 is 0 Å². The summed E-state index contributed by atoms with van der Waals surface area (Å²) < 4.78 is 37.3. The zero-order chi connectivity index (χ0) is 12.6. The first-order chi connectivity index (χ1) is 7.88. The van der Waals surface area contributed by atoms with Gasteiger partial charge in [0.15, 0.2) is 0 Å². The van der Waals surface area contributed by atoms with Crippen molar-refractivity contribution in [3.05, 3.63) is 42.0 Å². The molecule has 0 fully saturated rings. The number of fused-ring (bicyclic) bond motifs is 1. The van der Waals surface area contributed by atoms with E-state index in [1.54, 1.807) is 6.07 Å². The van der Waals surface area contributed by atoms with Crippen LogP contribution < -0.4 is 5.73 Å². The van der Waals surface area contributed by atoms with Gasteiger partial charge in [0.25, 0.3) is 0 Å². The van der Waals surface area contributed by atoms with Gasteiger partial charge in [0.1, 0.15) is 11.8 Å². The smallest absolute Gasteiger partial charge is 0.407 e. The largest absolute Gasteiger partial charge is 0.508 e. The second kappa shape index (κ2) is 3.92. The molecule has 0 unspecified atom stereocenters. The summed E-state index contributed by atoms with van der Waals surface area (Å²) in [7, 11) is 0. The van der Waals surface area contributed by atoms with Crippen molar-refractivity contribution in [3.63, 3.8) is 0 Å². The van der Waals surface area contributed by atoms with Crippen LogP contribution in [0.4, 0.5) is 13.2 Å². The molecule has 0 spiro atoms. The maximum atomic E-state index is 12.4. The Labute approximate surface area is 95.5 Å². The van der Waals surface area contributed by atoms with Gasteiger partial charge in [0.2, 0.25) is 0 Å². The number of phenolic OH excluding ortho intramolecular Hbond substituents is 1. The second-order valence-corrected chi connectivity index (χ2v) is 3.81. The molecule has 0 amide bonds. The normalized spacial score (nSPS) is 13.9. The van der Waals surface area contributed by atoms with Crippen molar-refractivity contribution in [1.29, 1.82) is 0 Å². The number of alkyl halides is 3. The van der Waals surface area contributed by atoms with Gasteiger partial charge in [0.05, 0.1) is 0 Å². The molecule has 0 bridgehead atoms. The number of halogens is 3. The Kier molecular flexibility index (Phi) is 2.71. The van der Waals surface area contributed by atoms with Gasteiger partial charge in [-0.3, -0.25) is 0 Å². The van der Waals surface area contributed by atoms with E-state index in [1.165, 1.54) is 30.3 Å². The van der Waals surface area contributed by atoms with E-state index < -0.39 is 12.2 Å². The lowest BCUT2D eigenvalue weighted by atomic mass is 10.0. The molecule has 3 N–H and O–H groups in total. The van der Waals surface area contributed by atoms with Gasteiger partial charge >= 0.3 is 6.18 Å². The summed E-state index contributed by atoms with van der Waals surface area (Å²) >= 11 is 0. The maximum absolute atomic E-state index is 12.4. The monoisotopic (exact) mass is 241 g/mol. The second-order valence-electron chi connectivity index (χ2n) is 3.81. The van der Waals surface area contributed by atoms with E-state index in [-0.39, 0.29) is 11.3 Å². The molecule has 2 nitrogen and oxygen atoms in total. The molecule has 0 aliphatic rings. The fourth-order valence-electron chi connectivity index (χ4n) is 1.63. The molecule has 0 heterocycles. The van der Waals surface area contributed by atoms with Gasteiger partial charge in [-0.25, -0.2) is 0 Å². The van der Waals surface area contributed by atoms with Gasteiger partial charge in [-0.1, -0.05) is 18.2 Å². The Balaban J connectivity index is 2.48. The Morgan fingerprint density at radius 3 is 2.24 bits per heavy atom. The van der Waals surface area contributed by atoms with Crippen LogP contribution in [0.1, 0.15) is 11.6 Å². The van der Waals surface area contributed by atoms with Crippen LogP contribution in [-0.2, 0) is 0 Å². The van der Waals surface area contributed by atoms with Crippen molar-refractivity contribution in [2.24, 2.45) is 5.73 Å². The number of hydrogen-bond donors (Lipinski definition) is 2. The standard InChI is InChI=1S/C12H10F3NO/c13-12(14,15)11(16)9-2-1-8-6-10(17)4-3-7(8)5-9/h1-6,11,17H,16H2/t11-/m0/s1. The van der Waals surface area contributed by atoms with E-state index in [4.69, 9.17) is 5.73 Å². The predicted octanol–water partition coefficient (Wildman–Crippen LogP) is 3.11. The number of aromatic hydroxyl groups is 1. The summed E-state index contributed by atoms with van der Waals surface area (Å²) in [4.78, 5) is 0. The molecule has 0 aliphatic heterocycles. The first kappa shape index (κ1) is 11.7. The maximum Gasteiger partial charge on any atom is 0.407 e. The molecule has 90 valence electrons. The first-order valence-electron chi connectivity index (χ1n) is 4.93. The van der Waals surface area contributed by atoms with Crippen molar-refractivity contribution < 1.29 is 18.3 Å². The summed E-state index contributed by atoms with van der Waals surface area (Å²) in [5, 5.41) is 10.5. The number of phenols is 1. The summed E-state index contributed by atoms with van der Waals surface area (Å²) in [5.74, 6) is 0.0744. The molecule has 17 heavy (non-hydrogen) atoms. The molecule has 2 rings (SSSR count). The van der Waals surface area contributed by atoms with Crippen LogP contribution in [0.3, 0.4) is 0 Å². The van der Waals surface area contributed by atoms with E-state index >= 15 is 0 Å². The van der Waals surface area contributed by atoms with Gasteiger partial charge in [-0.05, 0) is 34.5 Å². The molecule has 1 atom stereocenters. The van der Waals surface area contributed by atoms with Gasteiger partial charge in [-0.2, -0.15) is 13.2 Å². The lowest BCUT2D eigenvalue weighted by molar-refractivity contribution is -0.149. The number of benzene rings is 2. The van der Waals surface area contributed by atoms with Crippen LogP contribution in [0.25, 0.3) is 10.8 Å². The Morgan fingerprint density at radius 2 is 1.59 bits per heavy atom. The summed E-state index contributed by atoms with van der Waals surface area (Å²) in [5.41, 5.74) is 5.13. The minimum absolute atomic E-state index is 0.00990. The Hall–Kier alpha value is -1.75. The highest BCUT2D eigenvalue weighted by molar-refractivity contribution is 5.84. The first-order valence-corrected chi connectivity index (χ1v) is 4.93. The van der Waals surface area contributed by atoms with Crippen molar-refractivity contribution in [3.8, 4) is 5.75 Å². The fraction of sp³-hybridized carbons (Fsp3) is 0.167. The molecule has 0 aliphatic carbocycles. The molecule has 2 aromatic carbocycles. The van der Waals surface area contributed by atoms with Crippen LogP contribution in [-0.4, -0.2) is 11.3 Å². The quantitative estimate of drug-likeness (QED) is 0.805. The van der Waals surface area contributed by atoms with Gasteiger partial charge in [0, 0.05) is 0 Å². The van der Waals surface area contributed by atoms with Crippen LogP contribution in [0.15, 0.2) is 36.4 Å². The SMILES string of the molecule is N[C@@H](c1ccc2cc(O)ccc2c1)C(F)(F)F. The molecule has 2 aromatic rings. The van der Waals surface area contributed by atoms with E-state index in [1.807, 2.05) is 0 Å². The van der Waals surface area contributed by atoms with Gasteiger partial charge in [-0.15, -0.1) is 0 Å². The summed E-state index contributed by atoms with van der Waals surface area (Å²) in [6.07, 6.45) is -4.45. The van der Waals surface area contributed by atoms with E-state index in [9.17, 15) is 18.3 Å². The number of hydrogen-bond acceptors (Lipinski definition) is 2. The van der Waals surface area contributed by atoms with Crippen molar-refractivity contribution in [2.75, 3.05) is 0 Å². The molecule has 0 saturated heterocycles. The molecule has 0 saturated carbocycles. The lowest BCUT2D eigenvalue weighted by Gasteiger charge is -2.16. The lowest BCUT2D eigenvalue weighted by Crippen LogP contribution is -2.28.